The van der Waals surface area contributed by atoms with E-state index < -0.39 is 0 Å². The number of hydrogen-bond acceptors (Lipinski definition) is 5. The van der Waals surface area contributed by atoms with Crippen molar-refractivity contribution in [2.24, 2.45) is 0 Å². The number of nitrogens with zero attached hydrogens (tertiary/aromatic N) is 2. The molecule has 1 N–H and O–H groups in total. The second-order valence-corrected chi connectivity index (χ2v) is 4.90. The topological polar surface area (TPSA) is 47.0 Å². The lowest BCUT2D eigenvalue weighted by atomic mass is 10.2. The van der Waals surface area contributed by atoms with Crippen molar-refractivity contribution in [2.45, 2.75) is 26.8 Å². The highest BCUT2D eigenvalue weighted by molar-refractivity contribution is 7.09. The standard InChI is InChI=1S/C13H17N3OS/c1-4-17-11-8-6-5-7-10(11)12-15-13(18-16-12)14-9(2)3/h5-9H,4H2,1-3H3,(H,14,15,16). The average molecular weight is 263 g/mol. The Morgan fingerprint density at radius 2 is 2.11 bits per heavy atom. The van der Waals surface area contributed by atoms with E-state index in [4.69, 9.17) is 4.74 Å². The summed E-state index contributed by atoms with van der Waals surface area (Å²) in [4.78, 5) is 4.48. The van der Waals surface area contributed by atoms with Crippen LogP contribution in [-0.2, 0) is 0 Å². The highest BCUT2D eigenvalue weighted by Gasteiger charge is 2.11. The molecular formula is C13H17N3OS. The van der Waals surface area contributed by atoms with E-state index >= 15 is 0 Å². The Morgan fingerprint density at radius 1 is 1.33 bits per heavy atom. The lowest BCUT2D eigenvalue weighted by Gasteiger charge is -2.07. The van der Waals surface area contributed by atoms with Gasteiger partial charge in [-0.1, -0.05) is 12.1 Å². The Bertz CT molecular complexity index is 510. The van der Waals surface area contributed by atoms with Crippen LogP contribution in [-0.4, -0.2) is 22.0 Å². The number of anilines is 1. The van der Waals surface area contributed by atoms with Crippen LogP contribution in [0, 0.1) is 0 Å². The van der Waals surface area contributed by atoms with Gasteiger partial charge in [0.25, 0.3) is 0 Å². The zero-order chi connectivity index (χ0) is 13.0. The van der Waals surface area contributed by atoms with Gasteiger partial charge in [0.2, 0.25) is 5.13 Å². The molecule has 0 unspecified atom stereocenters. The monoisotopic (exact) mass is 263 g/mol. The van der Waals surface area contributed by atoms with Gasteiger partial charge < -0.3 is 10.1 Å². The van der Waals surface area contributed by atoms with Gasteiger partial charge in [-0.05, 0) is 32.9 Å². The molecule has 0 amide bonds. The maximum Gasteiger partial charge on any atom is 0.203 e. The van der Waals surface area contributed by atoms with Crippen LogP contribution in [0.5, 0.6) is 5.75 Å². The molecule has 96 valence electrons. The molecule has 0 saturated heterocycles. The SMILES string of the molecule is CCOc1ccccc1-c1nsc(NC(C)C)n1. The normalized spacial score (nSPS) is 10.7. The molecule has 5 heteroatoms. The van der Waals surface area contributed by atoms with Gasteiger partial charge in [-0.15, -0.1) is 0 Å². The van der Waals surface area contributed by atoms with E-state index in [1.807, 2.05) is 31.2 Å². The summed E-state index contributed by atoms with van der Waals surface area (Å²) >= 11 is 1.37. The summed E-state index contributed by atoms with van der Waals surface area (Å²) in [6.45, 7) is 6.76. The fourth-order valence-electron chi connectivity index (χ4n) is 1.57. The molecule has 0 radical (unpaired) electrons. The van der Waals surface area contributed by atoms with Crippen molar-refractivity contribution in [2.75, 3.05) is 11.9 Å². The maximum absolute atomic E-state index is 5.59. The van der Waals surface area contributed by atoms with E-state index in [1.165, 1.54) is 11.5 Å². The Hall–Kier alpha value is -1.62. The third kappa shape index (κ3) is 2.98. The minimum absolute atomic E-state index is 0.355. The van der Waals surface area contributed by atoms with Crippen LogP contribution in [0.25, 0.3) is 11.4 Å². The van der Waals surface area contributed by atoms with E-state index in [-0.39, 0.29) is 0 Å². The van der Waals surface area contributed by atoms with Gasteiger partial charge in [-0.25, -0.2) is 0 Å². The number of ether oxygens (including phenoxy) is 1. The molecule has 18 heavy (non-hydrogen) atoms. The van der Waals surface area contributed by atoms with Crippen LogP contribution in [0.2, 0.25) is 0 Å². The quantitative estimate of drug-likeness (QED) is 0.898. The molecule has 1 aromatic carbocycles. The summed E-state index contributed by atoms with van der Waals surface area (Å²) in [6, 6.07) is 8.19. The second kappa shape index (κ2) is 5.82. The Labute approximate surface area is 111 Å². The first-order chi connectivity index (χ1) is 8.70. The van der Waals surface area contributed by atoms with Crippen LogP contribution >= 0.6 is 11.5 Å². The van der Waals surface area contributed by atoms with E-state index in [0.717, 1.165) is 16.4 Å². The smallest absolute Gasteiger partial charge is 0.203 e. The fraction of sp³-hybridized carbons (Fsp3) is 0.385. The zero-order valence-electron chi connectivity index (χ0n) is 10.8. The summed E-state index contributed by atoms with van der Waals surface area (Å²) in [5.74, 6) is 1.54. The lowest BCUT2D eigenvalue weighted by Crippen LogP contribution is -2.09. The van der Waals surface area contributed by atoms with Crippen molar-refractivity contribution in [1.82, 2.24) is 9.36 Å². The van der Waals surface area contributed by atoms with Crippen molar-refractivity contribution < 1.29 is 4.74 Å². The summed E-state index contributed by atoms with van der Waals surface area (Å²) in [5, 5.41) is 4.09. The lowest BCUT2D eigenvalue weighted by molar-refractivity contribution is 0.341. The van der Waals surface area contributed by atoms with Crippen molar-refractivity contribution in [3.8, 4) is 17.1 Å². The fourth-order valence-corrected chi connectivity index (χ4v) is 2.30. The highest BCUT2D eigenvalue weighted by atomic mass is 32.1. The molecule has 0 aliphatic rings. The van der Waals surface area contributed by atoms with Gasteiger partial charge in [-0.2, -0.15) is 9.36 Å². The largest absolute Gasteiger partial charge is 0.493 e. The molecule has 2 aromatic rings. The van der Waals surface area contributed by atoms with Gasteiger partial charge in [0.05, 0.1) is 12.2 Å². The average Bonchev–Trinajstić information content (AvgIpc) is 2.77. The third-order valence-electron chi connectivity index (χ3n) is 2.27. The molecule has 0 fully saturated rings. The van der Waals surface area contributed by atoms with E-state index in [0.29, 0.717) is 18.5 Å². The van der Waals surface area contributed by atoms with Crippen LogP contribution in [0.3, 0.4) is 0 Å². The van der Waals surface area contributed by atoms with Gasteiger partial charge in [0, 0.05) is 17.6 Å². The predicted molar refractivity (Wildman–Crippen MR) is 75.3 cm³/mol. The Balaban J connectivity index is 2.28. The number of para-hydroxylation sites is 1. The third-order valence-corrected chi connectivity index (χ3v) is 2.91. The first-order valence-electron chi connectivity index (χ1n) is 6.03. The summed E-state index contributed by atoms with van der Waals surface area (Å²) in [6.07, 6.45) is 0. The highest BCUT2D eigenvalue weighted by Crippen LogP contribution is 2.29. The van der Waals surface area contributed by atoms with E-state index in [1.54, 1.807) is 0 Å². The molecule has 0 aliphatic heterocycles. The second-order valence-electron chi connectivity index (χ2n) is 4.15. The molecular weight excluding hydrogens is 246 g/mol. The van der Waals surface area contributed by atoms with Crippen LogP contribution in [0.4, 0.5) is 5.13 Å². The van der Waals surface area contributed by atoms with Crippen LogP contribution in [0.15, 0.2) is 24.3 Å². The van der Waals surface area contributed by atoms with Gasteiger partial charge in [-0.3, -0.25) is 0 Å². The number of rotatable bonds is 5. The van der Waals surface area contributed by atoms with Gasteiger partial charge in [0.15, 0.2) is 5.82 Å². The first kappa shape index (κ1) is 12.8. The van der Waals surface area contributed by atoms with Gasteiger partial charge in [0.1, 0.15) is 5.75 Å². The summed E-state index contributed by atoms with van der Waals surface area (Å²) < 4.78 is 9.96. The Kier molecular flexibility index (Phi) is 4.15. The molecule has 1 aromatic heterocycles. The molecule has 0 atom stereocenters. The van der Waals surface area contributed by atoms with Gasteiger partial charge >= 0.3 is 0 Å². The Morgan fingerprint density at radius 3 is 2.83 bits per heavy atom. The zero-order valence-corrected chi connectivity index (χ0v) is 11.6. The molecule has 1 heterocycles. The molecule has 4 nitrogen and oxygen atoms in total. The van der Waals surface area contributed by atoms with Crippen molar-refractivity contribution in [3.05, 3.63) is 24.3 Å². The number of nitrogens with one attached hydrogen (secondary N) is 1. The molecule has 0 saturated carbocycles. The predicted octanol–water partition coefficient (Wildman–Crippen LogP) is 3.42. The van der Waals surface area contributed by atoms with E-state index in [2.05, 4.69) is 28.5 Å². The van der Waals surface area contributed by atoms with Crippen molar-refractivity contribution in [1.29, 1.82) is 0 Å². The molecule has 2 rings (SSSR count). The van der Waals surface area contributed by atoms with E-state index in [9.17, 15) is 0 Å². The maximum atomic E-state index is 5.59. The van der Waals surface area contributed by atoms with Crippen LogP contribution in [0.1, 0.15) is 20.8 Å². The summed E-state index contributed by atoms with van der Waals surface area (Å²) in [7, 11) is 0. The minimum atomic E-state index is 0.355. The van der Waals surface area contributed by atoms with Crippen molar-refractivity contribution >= 4 is 16.7 Å². The number of aromatic nitrogens is 2. The molecule has 0 bridgehead atoms. The van der Waals surface area contributed by atoms with Crippen LogP contribution < -0.4 is 10.1 Å². The number of hydrogen-bond donors (Lipinski definition) is 1. The number of benzene rings is 1. The molecule has 0 spiro atoms. The summed E-state index contributed by atoms with van der Waals surface area (Å²) in [5.41, 5.74) is 0.937. The minimum Gasteiger partial charge on any atom is -0.493 e. The van der Waals surface area contributed by atoms with Crippen molar-refractivity contribution in [3.63, 3.8) is 0 Å². The molecule has 0 aliphatic carbocycles. The first-order valence-corrected chi connectivity index (χ1v) is 6.80.